The molecule has 2 rings (SSSR count). The first kappa shape index (κ1) is 11.0. The molecule has 0 fully saturated rings. The molecule has 0 aliphatic carbocycles. The maximum absolute atomic E-state index is 11.7. The first-order valence-corrected chi connectivity index (χ1v) is 5.30. The molecule has 1 aromatic carbocycles. The Morgan fingerprint density at radius 3 is 2.69 bits per heavy atom. The smallest absolute Gasteiger partial charge is 0.255 e. The van der Waals surface area contributed by atoms with Gasteiger partial charge in [-0.3, -0.25) is 4.79 Å². The van der Waals surface area contributed by atoms with E-state index in [0.29, 0.717) is 10.9 Å². The molecule has 0 saturated carbocycles. The first-order chi connectivity index (χ1) is 7.50. The number of rotatable bonds is 1. The van der Waals surface area contributed by atoms with Crippen molar-refractivity contribution in [3.05, 3.63) is 28.3 Å². The fourth-order valence-corrected chi connectivity index (χ4v) is 1.91. The summed E-state index contributed by atoms with van der Waals surface area (Å²) < 4.78 is 0. The Balaban J connectivity index is 2.56. The van der Waals surface area contributed by atoms with Crippen molar-refractivity contribution in [3.63, 3.8) is 0 Å². The number of nitrogens with zero attached hydrogens (tertiary/aromatic N) is 2. The number of nitrogens with two attached hydrogens (primary N) is 1. The number of anilines is 1. The van der Waals surface area contributed by atoms with Crippen LogP contribution in [0.4, 0.5) is 5.69 Å². The summed E-state index contributed by atoms with van der Waals surface area (Å²) in [4.78, 5) is 11.7. The third-order valence-electron chi connectivity index (χ3n) is 2.58. The van der Waals surface area contributed by atoms with E-state index in [2.05, 4.69) is 5.10 Å². The van der Waals surface area contributed by atoms with Crippen molar-refractivity contribution in [1.29, 1.82) is 0 Å². The van der Waals surface area contributed by atoms with Crippen LogP contribution >= 0.6 is 11.6 Å². The molecule has 1 amide bonds. The highest BCUT2D eigenvalue weighted by Crippen LogP contribution is 2.32. The monoisotopic (exact) mass is 237 g/mol. The minimum absolute atomic E-state index is 0.119. The molecule has 0 atom stereocenters. The minimum Gasteiger partial charge on any atom is -0.385 e. The van der Waals surface area contributed by atoms with E-state index in [-0.39, 0.29) is 12.3 Å². The molecule has 84 valence electrons. The van der Waals surface area contributed by atoms with Gasteiger partial charge in [-0.2, -0.15) is 10.1 Å². The molecule has 0 aromatic heterocycles. The molecule has 0 radical (unpaired) electrons. The SMILES string of the molecule is Cc1ccc(Cl)c(C)c1N1N=C(N)CC1=O. The number of aryl methyl sites for hydroxylation is 1. The number of carbonyl (C=O) groups excluding carboxylic acids is 1. The van der Waals surface area contributed by atoms with E-state index < -0.39 is 0 Å². The summed E-state index contributed by atoms with van der Waals surface area (Å²) in [6.07, 6.45) is 0.172. The molecule has 4 nitrogen and oxygen atoms in total. The van der Waals surface area contributed by atoms with Crippen LogP contribution in [-0.4, -0.2) is 11.7 Å². The molecule has 0 spiro atoms. The van der Waals surface area contributed by atoms with Crippen LogP contribution in [0.1, 0.15) is 17.5 Å². The lowest BCUT2D eigenvalue weighted by Crippen LogP contribution is -2.21. The van der Waals surface area contributed by atoms with Crippen molar-refractivity contribution < 1.29 is 4.79 Å². The molecular weight excluding hydrogens is 226 g/mol. The van der Waals surface area contributed by atoms with E-state index in [1.165, 1.54) is 5.01 Å². The number of hydrazone groups is 1. The zero-order valence-electron chi connectivity index (χ0n) is 9.12. The standard InChI is InChI=1S/C11H12ClN3O/c1-6-3-4-8(12)7(2)11(6)15-10(16)5-9(13)14-15/h3-4H,5H2,1-2H3,(H2,13,14). The second-order valence-electron chi connectivity index (χ2n) is 3.81. The van der Waals surface area contributed by atoms with Crippen LogP contribution in [0, 0.1) is 13.8 Å². The lowest BCUT2D eigenvalue weighted by molar-refractivity contribution is -0.116. The highest BCUT2D eigenvalue weighted by atomic mass is 35.5. The van der Waals surface area contributed by atoms with Crippen molar-refractivity contribution in [3.8, 4) is 0 Å². The molecule has 16 heavy (non-hydrogen) atoms. The summed E-state index contributed by atoms with van der Waals surface area (Å²) >= 11 is 6.03. The molecule has 0 bridgehead atoms. The zero-order valence-corrected chi connectivity index (χ0v) is 9.88. The number of hydrogen-bond donors (Lipinski definition) is 1. The predicted molar refractivity (Wildman–Crippen MR) is 64.7 cm³/mol. The first-order valence-electron chi connectivity index (χ1n) is 4.92. The Kier molecular flexibility index (Phi) is 2.59. The Morgan fingerprint density at radius 2 is 2.12 bits per heavy atom. The summed E-state index contributed by atoms with van der Waals surface area (Å²) in [6, 6.07) is 3.67. The van der Waals surface area contributed by atoms with Crippen LogP contribution in [0.2, 0.25) is 5.02 Å². The third kappa shape index (κ3) is 1.65. The van der Waals surface area contributed by atoms with Crippen LogP contribution in [0.15, 0.2) is 17.2 Å². The Bertz CT molecular complexity index is 496. The Hall–Kier alpha value is -1.55. The summed E-state index contributed by atoms with van der Waals surface area (Å²) in [5, 5.41) is 5.98. The fraction of sp³-hybridized carbons (Fsp3) is 0.273. The van der Waals surface area contributed by atoms with Crippen LogP contribution in [0.25, 0.3) is 0 Å². The maximum atomic E-state index is 11.7. The van der Waals surface area contributed by atoms with Crippen LogP contribution in [-0.2, 0) is 4.79 Å². The molecular formula is C11H12ClN3O. The topological polar surface area (TPSA) is 58.7 Å². The third-order valence-corrected chi connectivity index (χ3v) is 2.98. The molecule has 1 heterocycles. The van der Waals surface area contributed by atoms with Crippen LogP contribution in [0.5, 0.6) is 0 Å². The van der Waals surface area contributed by atoms with Crippen molar-refractivity contribution in [1.82, 2.24) is 0 Å². The molecule has 2 N–H and O–H groups in total. The van der Waals surface area contributed by atoms with E-state index in [9.17, 15) is 4.79 Å². The van der Waals surface area contributed by atoms with Gasteiger partial charge in [0.15, 0.2) is 0 Å². The fourth-order valence-electron chi connectivity index (χ4n) is 1.76. The van der Waals surface area contributed by atoms with Gasteiger partial charge in [0.2, 0.25) is 0 Å². The molecule has 0 saturated heterocycles. The van der Waals surface area contributed by atoms with Gasteiger partial charge >= 0.3 is 0 Å². The number of amides is 1. The molecule has 1 aliphatic rings. The highest BCUT2D eigenvalue weighted by Gasteiger charge is 2.26. The zero-order chi connectivity index (χ0) is 11.9. The van der Waals surface area contributed by atoms with E-state index in [0.717, 1.165) is 16.8 Å². The van der Waals surface area contributed by atoms with Crippen LogP contribution in [0.3, 0.4) is 0 Å². The van der Waals surface area contributed by atoms with Gasteiger partial charge in [-0.15, -0.1) is 0 Å². The quantitative estimate of drug-likeness (QED) is 0.812. The molecule has 1 aliphatic heterocycles. The summed E-state index contributed by atoms with van der Waals surface area (Å²) in [5.41, 5.74) is 8.07. The van der Waals surface area contributed by atoms with Crippen molar-refractivity contribution in [2.24, 2.45) is 10.8 Å². The number of halogens is 1. The van der Waals surface area contributed by atoms with Gasteiger partial charge in [-0.1, -0.05) is 17.7 Å². The lowest BCUT2D eigenvalue weighted by Gasteiger charge is -2.17. The minimum atomic E-state index is -0.119. The van der Waals surface area contributed by atoms with E-state index in [1.807, 2.05) is 26.0 Å². The maximum Gasteiger partial charge on any atom is 0.255 e. The Labute approximate surface area is 98.7 Å². The summed E-state index contributed by atoms with van der Waals surface area (Å²) in [6.45, 7) is 3.78. The molecule has 1 aromatic rings. The predicted octanol–water partition coefficient (Wildman–Crippen LogP) is 1.97. The van der Waals surface area contributed by atoms with Crippen molar-refractivity contribution >= 4 is 29.0 Å². The largest absolute Gasteiger partial charge is 0.385 e. The lowest BCUT2D eigenvalue weighted by atomic mass is 10.1. The van der Waals surface area contributed by atoms with E-state index in [4.69, 9.17) is 17.3 Å². The van der Waals surface area contributed by atoms with E-state index >= 15 is 0 Å². The van der Waals surface area contributed by atoms with E-state index in [1.54, 1.807) is 0 Å². The molecule has 5 heteroatoms. The second-order valence-corrected chi connectivity index (χ2v) is 4.22. The Morgan fingerprint density at radius 1 is 1.44 bits per heavy atom. The average Bonchev–Trinajstić information content (AvgIpc) is 2.53. The number of carbonyl (C=O) groups is 1. The van der Waals surface area contributed by atoms with Gasteiger partial charge in [-0.05, 0) is 31.0 Å². The summed E-state index contributed by atoms with van der Waals surface area (Å²) in [7, 11) is 0. The van der Waals surface area contributed by atoms with Crippen LogP contribution < -0.4 is 10.7 Å². The summed E-state index contributed by atoms with van der Waals surface area (Å²) in [5.74, 6) is 0.217. The number of hydrogen-bond acceptors (Lipinski definition) is 3. The highest BCUT2D eigenvalue weighted by molar-refractivity contribution is 6.32. The van der Waals surface area contributed by atoms with Gasteiger partial charge < -0.3 is 5.73 Å². The van der Waals surface area contributed by atoms with Gasteiger partial charge in [0.05, 0.1) is 12.1 Å². The number of benzene rings is 1. The van der Waals surface area contributed by atoms with Gasteiger partial charge in [0, 0.05) is 5.02 Å². The van der Waals surface area contributed by atoms with Crippen molar-refractivity contribution in [2.45, 2.75) is 20.3 Å². The number of amidine groups is 1. The average molecular weight is 238 g/mol. The molecule has 0 unspecified atom stereocenters. The van der Waals surface area contributed by atoms with Gasteiger partial charge in [0.25, 0.3) is 5.91 Å². The van der Waals surface area contributed by atoms with Gasteiger partial charge in [0.1, 0.15) is 5.84 Å². The second kappa shape index (κ2) is 3.79. The van der Waals surface area contributed by atoms with Crippen molar-refractivity contribution in [2.75, 3.05) is 5.01 Å². The normalized spacial score (nSPS) is 15.6. The van der Waals surface area contributed by atoms with Gasteiger partial charge in [-0.25, -0.2) is 0 Å².